The summed E-state index contributed by atoms with van der Waals surface area (Å²) in [6, 6.07) is 6.36. The molecular formula is C18H15F3N2O2. The Bertz CT molecular complexity index is 829. The number of ether oxygens (including phenoxy) is 1. The highest BCUT2D eigenvalue weighted by atomic mass is 19.4. The molecule has 2 atom stereocenters. The smallest absolute Gasteiger partial charge is 0.416 e. The molecule has 1 aliphatic heterocycles. The van der Waals surface area contributed by atoms with Gasteiger partial charge in [0.1, 0.15) is 17.4 Å². The molecular weight excluding hydrogens is 333 g/mol. The zero-order valence-electron chi connectivity index (χ0n) is 13.4. The van der Waals surface area contributed by atoms with Gasteiger partial charge in [0.15, 0.2) is 5.78 Å². The fourth-order valence-corrected chi connectivity index (χ4v) is 3.29. The van der Waals surface area contributed by atoms with E-state index in [4.69, 9.17) is 10.5 Å². The summed E-state index contributed by atoms with van der Waals surface area (Å²) >= 11 is 0. The fourth-order valence-electron chi connectivity index (χ4n) is 3.29. The summed E-state index contributed by atoms with van der Waals surface area (Å²) in [5.41, 5.74) is 5.80. The zero-order chi connectivity index (χ0) is 18.4. The predicted octanol–water partition coefficient (Wildman–Crippen LogP) is 3.77. The molecule has 1 aliphatic carbocycles. The maximum Gasteiger partial charge on any atom is 0.416 e. The third kappa shape index (κ3) is 3.00. The maximum absolute atomic E-state index is 12.8. The number of nitriles is 1. The molecule has 0 fully saturated rings. The van der Waals surface area contributed by atoms with Gasteiger partial charge in [-0.05, 0) is 23.6 Å². The average molecular weight is 348 g/mol. The van der Waals surface area contributed by atoms with Crippen LogP contribution in [0.3, 0.4) is 0 Å². The Morgan fingerprint density at radius 1 is 1.24 bits per heavy atom. The van der Waals surface area contributed by atoms with Crippen molar-refractivity contribution in [2.24, 2.45) is 11.7 Å². The molecule has 0 saturated heterocycles. The van der Waals surface area contributed by atoms with Crippen LogP contribution in [0.15, 0.2) is 47.1 Å². The van der Waals surface area contributed by atoms with Crippen LogP contribution in [0.5, 0.6) is 0 Å². The Morgan fingerprint density at radius 3 is 2.44 bits per heavy atom. The first kappa shape index (κ1) is 17.1. The van der Waals surface area contributed by atoms with Gasteiger partial charge in [-0.25, -0.2) is 0 Å². The van der Waals surface area contributed by atoms with Crippen LogP contribution in [0, 0.1) is 17.2 Å². The van der Waals surface area contributed by atoms with Crippen LogP contribution in [0.4, 0.5) is 13.2 Å². The normalized spacial score (nSPS) is 23.9. The van der Waals surface area contributed by atoms with Gasteiger partial charge in [-0.3, -0.25) is 4.79 Å². The highest BCUT2D eigenvalue weighted by molar-refractivity contribution is 5.99. The van der Waals surface area contributed by atoms with Crippen molar-refractivity contribution < 1.29 is 22.7 Å². The third-order valence-corrected chi connectivity index (χ3v) is 4.44. The Balaban J connectivity index is 2.11. The van der Waals surface area contributed by atoms with Crippen LogP contribution in [-0.4, -0.2) is 5.78 Å². The van der Waals surface area contributed by atoms with E-state index < -0.39 is 17.7 Å². The molecule has 0 unspecified atom stereocenters. The van der Waals surface area contributed by atoms with E-state index >= 15 is 0 Å². The van der Waals surface area contributed by atoms with Gasteiger partial charge in [0.05, 0.1) is 11.5 Å². The Morgan fingerprint density at radius 2 is 1.88 bits per heavy atom. The van der Waals surface area contributed by atoms with E-state index in [-0.39, 0.29) is 23.2 Å². The summed E-state index contributed by atoms with van der Waals surface area (Å²) < 4.78 is 43.8. The molecule has 3 rings (SSSR count). The molecule has 1 aromatic rings. The molecule has 0 saturated carbocycles. The van der Waals surface area contributed by atoms with E-state index in [0.717, 1.165) is 12.1 Å². The number of carbonyl (C=O) groups excluding carboxylic acids is 1. The minimum atomic E-state index is -4.46. The van der Waals surface area contributed by atoms with Crippen molar-refractivity contribution in [1.29, 1.82) is 5.26 Å². The van der Waals surface area contributed by atoms with Gasteiger partial charge in [-0.1, -0.05) is 19.1 Å². The van der Waals surface area contributed by atoms with Gasteiger partial charge in [0.25, 0.3) is 0 Å². The van der Waals surface area contributed by atoms with E-state index in [1.165, 1.54) is 12.1 Å². The van der Waals surface area contributed by atoms with Crippen molar-refractivity contribution in [1.82, 2.24) is 0 Å². The van der Waals surface area contributed by atoms with Gasteiger partial charge in [0.2, 0.25) is 5.88 Å². The number of nitrogens with two attached hydrogens (primary N) is 1. The van der Waals surface area contributed by atoms with Crippen LogP contribution < -0.4 is 5.73 Å². The van der Waals surface area contributed by atoms with Crippen molar-refractivity contribution in [2.75, 3.05) is 0 Å². The highest BCUT2D eigenvalue weighted by Crippen LogP contribution is 2.44. The average Bonchev–Trinajstić information content (AvgIpc) is 2.52. The zero-order valence-corrected chi connectivity index (χ0v) is 13.4. The van der Waals surface area contributed by atoms with E-state index in [2.05, 4.69) is 0 Å². The van der Waals surface area contributed by atoms with E-state index in [1.807, 2.05) is 13.0 Å². The van der Waals surface area contributed by atoms with Crippen LogP contribution in [0.2, 0.25) is 0 Å². The lowest BCUT2D eigenvalue weighted by molar-refractivity contribution is -0.137. The Kier molecular flexibility index (Phi) is 4.07. The summed E-state index contributed by atoms with van der Waals surface area (Å²) in [4.78, 5) is 12.5. The molecule has 0 spiro atoms. The number of carbonyl (C=O) groups is 1. The van der Waals surface area contributed by atoms with Crippen LogP contribution in [0.25, 0.3) is 0 Å². The molecule has 130 valence electrons. The largest absolute Gasteiger partial charge is 0.444 e. The number of hydrogen-bond donors (Lipinski definition) is 1. The van der Waals surface area contributed by atoms with Crippen molar-refractivity contribution >= 4 is 5.78 Å². The number of nitrogens with zero attached hydrogens (tertiary/aromatic N) is 1. The summed E-state index contributed by atoms with van der Waals surface area (Å²) in [7, 11) is 0. The van der Waals surface area contributed by atoms with Crippen LogP contribution in [-0.2, 0) is 15.7 Å². The summed E-state index contributed by atoms with van der Waals surface area (Å²) in [6.45, 7) is 1.90. The van der Waals surface area contributed by atoms with Gasteiger partial charge >= 0.3 is 6.18 Å². The van der Waals surface area contributed by atoms with E-state index in [1.54, 1.807) is 0 Å². The monoisotopic (exact) mass is 348 g/mol. The number of halogens is 3. The lowest BCUT2D eigenvalue weighted by Crippen LogP contribution is -2.29. The molecule has 4 nitrogen and oxygen atoms in total. The number of Topliss-reactive ketones (excluding diaryl/α,β-unsaturated/α-hetero) is 1. The highest BCUT2D eigenvalue weighted by Gasteiger charge is 2.40. The SMILES string of the molecule is C[C@@H]1CC(=O)C2=C(C1)OC(N)=C(C#N)[C@H]2c1ccc(C(F)(F)F)cc1. The second-order valence-corrected chi connectivity index (χ2v) is 6.32. The van der Waals surface area contributed by atoms with Gasteiger partial charge in [-0.15, -0.1) is 0 Å². The Labute approximate surface area is 142 Å². The minimum absolute atomic E-state index is 0.0430. The van der Waals surface area contributed by atoms with Crippen molar-refractivity contribution in [3.63, 3.8) is 0 Å². The van der Waals surface area contributed by atoms with Crippen LogP contribution in [0.1, 0.15) is 36.8 Å². The number of hydrogen-bond acceptors (Lipinski definition) is 4. The van der Waals surface area contributed by atoms with Gasteiger partial charge in [-0.2, -0.15) is 18.4 Å². The molecule has 0 aromatic heterocycles. The minimum Gasteiger partial charge on any atom is -0.444 e. The molecule has 2 N–H and O–H groups in total. The first-order chi connectivity index (χ1) is 11.7. The fraction of sp³-hybridized carbons (Fsp3) is 0.333. The van der Waals surface area contributed by atoms with Crippen LogP contribution >= 0.6 is 0 Å². The first-order valence-corrected chi connectivity index (χ1v) is 7.73. The van der Waals surface area contributed by atoms with E-state index in [9.17, 15) is 23.2 Å². The number of allylic oxidation sites excluding steroid dienone is 3. The van der Waals surface area contributed by atoms with Gasteiger partial charge in [0, 0.05) is 18.4 Å². The van der Waals surface area contributed by atoms with Crippen molar-refractivity contribution in [3.8, 4) is 6.07 Å². The van der Waals surface area contributed by atoms with Crippen molar-refractivity contribution in [3.05, 3.63) is 58.2 Å². The molecule has 25 heavy (non-hydrogen) atoms. The molecule has 0 bridgehead atoms. The number of rotatable bonds is 1. The summed E-state index contributed by atoms with van der Waals surface area (Å²) in [5.74, 6) is -0.580. The predicted molar refractivity (Wildman–Crippen MR) is 82.5 cm³/mol. The summed E-state index contributed by atoms with van der Waals surface area (Å²) in [6.07, 6.45) is -3.66. The second-order valence-electron chi connectivity index (χ2n) is 6.32. The van der Waals surface area contributed by atoms with Gasteiger partial charge < -0.3 is 10.5 Å². The lowest BCUT2D eigenvalue weighted by Gasteiger charge is -2.33. The molecule has 2 aliphatic rings. The maximum atomic E-state index is 12.8. The number of ketones is 1. The molecule has 1 aromatic carbocycles. The Hall–Kier alpha value is -2.75. The number of benzene rings is 1. The first-order valence-electron chi connectivity index (χ1n) is 7.73. The standard InChI is InChI=1S/C18H15F3N2O2/c1-9-6-13(24)16-14(7-9)25-17(23)12(8-22)15(16)10-2-4-11(5-3-10)18(19,20)21/h2-5,9,15H,6-7,23H2,1H3/t9-,15-/m1/s1. The topological polar surface area (TPSA) is 76.1 Å². The number of alkyl halides is 3. The van der Waals surface area contributed by atoms with Crippen molar-refractivity contribution in [2.45, 2.75) is 31.9 Å². The van der Waals surface area contributed by atoms with E-state index in [0.29, 0.717) is 29.7 Å². The second kappa shape index (κ2) is 5.96. The lowest BCUT2D eigenvalue weighted by atomic mass is 9.75. The molecule has 0 amide bonds. The summed E-state index contributed by atoms with van der Waals surface area (Å²) in [5, 5.41) is 9.42. The quantitative estimate of drug-likeness (QED) is 0.838. The molecule has 7 heteroatoms. The molecule has 0 radical (unpaired) electrons. The molecule has 1 heterocycles. The third-order valence-electron chi connectivity index (χ3n) is 4.44.